The van der Waals surface area contributed by atoms with Crippen LogP contribution in [-0.2, 0) is 4.79 Å². The first kappa shape index (κ1) is 20.0. The Morgan fingerprint density at radius 1 is 1.03 bits per heavy atom. The summed E-state index contributed by atoms with van der Waals surface area (Å²) in [4.78, 5) is 26.1. The minimum Gasteiger partial charge on any atom is -0.478 e. The van der Waals surface area contributed by atoms with E-state index in [1.54, 1.807) is 36.4 Å². The van der Waals surface area contributed by atoms with Crippen LogP contribution in [0.25, 0.3) is 11.8 Å². The number of rotatable bonds is 4. The lowest BCUT2D eigenvalue weighted by Gasteiger charge is -2.18. The molecule has 3 aromatic rings. The van der Waals surface area contributed by atoms with Crippen molar-refractivity contribution < 1.29 is 19.8 Å². The highest BCUT2D eigenvalue weighted by Crippen LogP contribution is 2.38. The fourth-order valence-corrected chi connectivity index (χ4v) is 4.56. The molecular weight excluding hydrogens is 400 g/mol. The number of amides is 1. The Balaban J connectivity index is 1.70. The van der Waals surface area contributed by atoms with Gasteiger partial charge in [-0.3, -0.25) is 9.69 Å². The number of aliphatic hydroxyl groups is 1. The number of aromatic nitrogens is 1. The number of carbonyl (C=O) groups is 2. The number of para-hydroxylation sites is 1. The Kier molecular flexibility index (Phi) is 5.24. The van der Waals surface area contributed by atoms with Crippen LogP contribution in [-0.4, -0.2) is 32.2 Å². The van der Waals surface area contributed by atoms with E-state index in [0.29, 0.717) is 10.6 Å². The Labute approximate surface area is 178 Å². The molecule has 30 heavy (non-hydrogen) atoms. The number of carboxylic acids is 1. The van der Waals surface area contributed by atoms with Crippen LogP contribution in [0, 0.1) is 13.8 Å². The molecule has 2 heterocycles. The molecule has 1 fully saturated rings. The van der Waals surface area contributed by atoms with Gasteiger partial charge in [0.2, 0.25) is 0 Å². The number of aliphatic hydroxyl groups excluding tert-OH is 1. The van der Waals surface area contributed by atoms with Crippen molar-refractivity contribution in [1.29, 1.82) is 0 Å². The second kappa shape index (κ2) is 7.85. The molecule has 1 unspecified atom stereocenters. The van der Waals surface area contributed by atoms with E-state index in [-0.39, 0.29) is 11.5 Å². The van der Waals surface area contributed by atoms with Crippen LogP contribution in [0.2, 0.25) is 0 Å². The average Bonchev–Trinajstić information content (AvgIpc) is 3.17. The maximum absolute atomic E-state index is 12.9. The molecule has 0 bridgehead atoms. The molecule has 1 aliphatic rings. The third kappa shape index (κ3) is 3.53. The van der Waals surface area contributed by atoms with E-state index in [1.165, 1.54) is 4.90 Å². The summed E-state index contributed by atoms with van der Waals surface area (Å²) in [6, 6.07) is 17.7. The summed E-state index contributed by atoms with van der Waals surface area (Å²) in [5.41, 5.74) is 3.24. The SMILES string of the molecule is Cc1cc(/C=C2/SC(O)N(c3ccccc3)C2=O)c(C)n1-c1cccc(C(=O)O)c1. The lowest BCUT2D eigenvalue weighted by molar-refractivity contribution is -0.114. The third-order valence-electron chi connectivity index (χ3n) is 5.03. The summed E-state index contributed by atoms with van der Waals surface area (Å²) in [5, 5.41) is 19.7. The van der Waals surface area contributed by atoms with Crippen LogP contribution >= 0.6 is 11.8 Å². The quantitative estimate of drug-likeness (QED) is 0.619. The minimum atomic E-state index is -0.984. The zero-order chi connectivity index (χ0) is 21.4. The fraction of sp³-hybridized carbons (Fsp3) is 0.130. The van der Waals surface area contributed by atoms with Crippen molar-refractivity contribution >= 4 is 35.4 Å². The van der Waals surface area contributed by atoms with Gasteiger partial charge in [-0.25, -0.2) is 4.79 Å². The van der Waals surface area contributed by atoms with E-state index in [9.17, 15) is 19.8 Å². The predicted octanol–water partition coefficient (Wildman–Crippen LogP) is 4.19. The molecule has 1 aromatic heterocycles. The summed E-state index contributed by atoms with van der Waals surface area (Å²) in [6.07, 6.45) is 1.78. The van der Waals surface area contributed by atoms with Gasteiger partial charge in [-0.2, -0.15) is 0 Å². The molecular formula is C23H20N2O4S. The highest BCUT2D eigenvalue weighted by atomic mass is 32.2. The number of thioether (sulfide) groups is 1. The summed E-state index contributed by atoms with van der Waals surface area (Å²) in [7, 11) is 0. The van der Waals surface area contributed by atoms with Crippen LogP contribution in [0.4, 0.5) is 5.69 Å². The number of benzene rings is 2. The minimum absolute atomic E-state index is 0.211. The third-order valence-corrected chi connectivity index (χ3v) is 5.99. The van der Waals surface area contributed by atoms with Crippen molar-refractivity contribution in [3.05, 3.63) is 88.1 Å². The van der Waals surface area contributed by atoms with Crippen LogP contribution in [0.15, 0.2) is 65.6 Å². The first-order valence-electron chi connectivity index (χ1n) is 9.34. The Morgan fingerprint density at radius 2 is 1.73 bits per heavy atom. The molecule has 1 atom stereocenters. The zero-order valence-electron chi connectivity index (χ0n) is 16.4. The molecule has 0 radical (unpaired) electrons. The van der Waals surface area contributed by atoms with Gasteiger partial charge >= 0.3 is 5.97 Å². The highest BCUT2D eigenvalue weighted by molar-refractivity contribution is 8.05. The van der Waals surface area contributed by atoms with Gasteiger partial charge in [0.25, 0.3) is 5.91 Å². The first-order valence-corrected chi connectivity index (χ1v) is 10.2. The number of anilines is 1. The summed E-state index contributed by atoms with van der Waals surface area (Å²) >= 11 is 1.10. The lowest BCUT2D eigenvalue weighted by Crippen LogP contribution is -2.31. The maximum atomic E-state index is 12.9. The molecule has 1 saturated heterocycles. The number of aromatic carboxylic acids is 1. The van der Waals surface area contributed by atoms with Crippen molar-refractivity contribution in [2.75, 3.05) is 4.90 Å². The molecule has 7 heteroatoms. The lowest BCUT2D eigenvalue weighted by atomic mass is 10.2. The Bertz CT molecular complexity index is 1170. The summed E-state index contributed by atoms with van der Waals surface area (Å²) in [5.74, 6) is -1.24. The topological polar surface area (TPSA) is 82.8 Å². The number of carboxylic acid groups (broad SMARTS) is 1. The van der Waals surface area contributed by atoms with Crippen LogP contribution in [0.3, 0.4) is 0 Å². The van der Waals surface area contributed by atoms with Gasteiger partial charge in [0.1, 0.15) is 0 Å². The van der Waals surface area contributed by atoms with Gasteiger partial charge in [-0.05, 0) is 61.9 Å². The van der Waals surface area contributed by atoms with Crippen molar-refractivity contribution in [2.24, 2.45) is 0 Å². The molecule has 0 saturated carbocycles. The summed E-state index contributed by atoms with van der Waals surface area (Å²) < 4.78 is 1.95. The molecule has 1 amide bonds. The van der Waals surface area contributed by atoms with Crippen LogP contribution in [0.1, 0.15) is 27.3 Å². The number of carbonyl (C=O) groups excluding carboxylic acids is 1. The number of hydrogen-bond donors (Lipinski definition) is 2. The Hall–Kier alpha value is -3.29. The molecule has 0 aliphatic carbocycles. The van der Waals surface area contributed by atoms with E-state index >= 15 is 0 Å². The van der Waals surface area contributed by atoms with Crippen molar-refractivity contribution in [2.45, 2.75) is 19.4 Å². The summed E-state index contributed by atoms with van der Waals surface area (Å²) in [6.45, 7) is 3.85. The second-order valence-electron chi connectivity index (χ2n) is 6.98. The van der Waals surface area contributed by atoms with Gasteiger partial charge in [-0.15, -0.1) is 0 Å². The van der Waals surface area contributed by atoms with Crippen molar-refractivity contribution in [1.82, 2.24) is 4.57 Å². The molecule has 6 nitrogen and oxygen atoms in total. The Morgan fingerprint density at radius 3 is 2.43 bits per heavy atom. The maximum Gasteiger partial charge on any atom is 0.335 e. The van der Waals surface area contributed by atoms with Crippen LogP contribution < -0.4 is 4.90 Å². The van der Waals surface area contributed by atoms with Gasteiger partial charge in [0.05, 0.1) is 10.5 Å². The monoisotopic (exact) mass is 420 g/mol. The standard InChI is InChI=1S/C23H20N2O4S/c1-14-11-17(15(2)24(14)19-10-6-7-16(12-19)22(27)28)13-20-21(26)25(23(29)30-20)18-8-4-3-5-9-18/h3-13,23,29H,1-2H3,(H,27,28)/b20-13+. The van der Waals surface area contributed by atoms with Crippen molar-refractivity contribution in [3.8, 4) is 5.69 Å². The largest absolute Gasteiger partial charge is 0.478 e. The van der Waals surface area contributed by atoms with Crippen LogP contribution in [0.5, 0.6) is 0 Å². The van der Waals surface area contributed by atoms with Crippen molar-refractivity contribution in [3.63, 3.8) is 0 Å². The molecule has 2 aromatic carbocycles. The van der Waals surface area contributed by atoms with E-state index in [2.05, 4.69) is 0 Å². The fourth-order valence-electron chi connectivity index (χ4n) is 3.62. The van der Waals surface area contributed by atoms with Gasteiger partial charge in [0.15, 0.2) is 5.56 Å². The number of hydrogen-bond acceptors (Lipinski definition) is 4. The molecule has 152 valence electrons. The molecule has 4 rings (SSSR count). The number of aryl methyl sites for hydroxylation is 1. The normalized spacial score (nSPS) is 17.7. The first-order chi connectivity index (χ1) is 14.4. The van der Waals surface area contributed by atoms with E-state index in [4.69, 9.17) is 0 Å². The predicted molar refractivity (Wildman–Crippen MR) is 118 cm³/mol. The number of nitrogens with zero attached hydrogens (tertiary/aromatic N) is 2. The second-order valence-corrected chi connectivity index (χ2v) is 8.08. The molecule has 0 spiro atoms. The van der Waals surface area contributed by atoms with Gasteiger partial charge in [-0.1, -0.05) is 36.0 Å². The van der Waals surface area contributed by atoms with Gasteiger partial charge < -0.3 is 14.8 Å². The van der Waals surface area contributed by atoms with E-state index < -0.39 is 11.5 Å². The smallest absolute Gasteiger partial charge is 0.335 e. The highest BCUT2D eigenvalue weighted by Gasteiger charge is 2.36. The zero-order valence-corrected chi connectivity index (χ0v) is 17.3. The van der Waals surface area contributed by atoms with Gasteiger partial charge in [0, 0.05) is 22.8 Å². The molecule has 2 N–H and O–H groups in total. The molecule has 1 aliphatic heterocycles. The average molecular weight is 420 g/mol. The van der Waals surface area contributed by atoms with E-state index in [1.807, 2.05) is 48.7 Å². The van der Waals surface area contributed by atoms with E-state index in [0.717, 1.165) is 34.4 Å².